The summed E-state index contributed by atoms with van der Waals surface area (Å²) in [7, 11) is 1.76. The molecule has 0 spiro atoms. The molecule has 0 bridgehead atoms. The van der Waals surface area contributed by atoms with Crippen LogP contribution in [0.1, 0.15) is 10.4 Å². The molecular formula is C20H17N9O. The number of aromatic amines is 1. The van der Waals surface area contributed by atoms with E-state index < -0.39 is 0 Å². The molecule has 0 fully saturated rings. The van der Waals surface area contributed by atoms with Crippen molar-refractivity contribution in [3.8, 4) is 5.82 Å². The van der Waals surface area contributed by atoms with Gasteiger partial charge in [-0.15, -0.1) is 5.10 Å². The number of hydrogen-bond donors (Lipinski definition) is 3. The van der Waals surface area contributed by atoms with E-state index in [1.807, 2.05) is 36.4 Å². The van der Waals surface area contributed by atoms with Crippen LogP contribution in [0.5, 0.6) is 0 Å². The molecule has 4 heterocycles. The van der Waals surface area contributed by atoms with Gasteiger partial charge in [-0.2, -0.15) is 10.2 Å². The number of nitrogens with zero attached hydrogens (tertiary/aromatic N) is 6. The summed E-state index contributed by atoms with van der Waals surface area (Å²) in [5, 5.41) is 22.5. The molecule has 148 valence electrons. The number of rotatable bonds is 5. The van der Waals surface area contributed by atoms with Gasteiger partial charge in [-0.3, -0.25) is 14.6 Å². The van der Waals surface area contributed by atoms with Crippen LogP contribution in [0.3, 0.4) is 0 Å². The molecule has 4 aromatic heterocycles. The van der Waals surface area contributed by atoms with Crippen LogP contribution in [0, 0.1) is 0 Å². The molecule has 0 unspecified atom stereocenters. The summed E-state index contributed by atoms with van der Waals surface area (Å²) in [6.07, 6.45) is 6.72. The Morgan fingerprint density at radius 3 is 2.90 bits per heavy atom. The minimum absolute atomic E-state index is 0.273. The largest absolute Gasteiger partial charge is 0.339 e. The third-order valence-electron chi connectivity index (χ3n) is 4.48. The number of carbonyl (C=O) groups excluding carboxylic acids is 1. The maximum absolute atomic E-state index is 12.3. The molecule has 0 aliphatic rings. The van der Waals surface area contributed by atoms with Crippen LogP contribution < -0.4 is 10.6 Å². The van der Waals surface area contributed by atoms with Crippen LogP contribution >= 0.6 is 0 Å². The number of aryl methyl sites for hydroxylation is 1. The Hall–Kier alpha value is -4.47. The molecule has 30 heavy (non-hydrogen) atoms. The van der Waals surface area contributed by atoms with Crippen molar-refractivity contribution >= 4 is 34.1 Å². The first-order valence-corrected chi connectivity index (χ1v) is 9.17. The number of amides is 1. The summed E-state index contributed by atoms with van der Waals surface area (Å²) < 4.78 is 3.21. The fraction of sp³-hybridized carbons (Fsp3) is 0.0500. The molecule has 0 saturated heterocycles. The number of carbonyl (C=O) groups is 1. The van der Waals surface area contributed by atoms with Crippen molar-refractivity contribution in [1.82, 2.24) is 34.7 Å². The second kappa shape index (κ2) is 7.17. The van der Waals surface area contributed by atoms with Crippen molar-refractivity contribution in [2.45, 2.75) is 0 Å². The van der Waals surface area contributed by atoms with Crippen molar-refractivity contribution in [2.24, 2.45) is 7.05 Å². The molecule has 1 amide bonds. The molecule has 5 aromatic rings. The van der Waals surface area contributed by atoms with E-state index in [0.717, 1.165) is 16.6 Å². The molecule has 3 N–H and O–H groups in total. The molecule has 0 atom stereocenters. The van der Waals surface area contributed by atoms with E-state index in [9.17, 15) is 4.79 Å². The standard InChI is InChI=1S/C20H17N9O/c1-28-12-14(11-22-28)20(30)25-17-3-2-4-19(24-17)29-8-7-18(27-29)23-15-5-6-16-13(9-15)10-21-26-16/h2-12H,1H3,(H,21,26)(H,23,27)(H,24,25,30). The van der Waals surface area contributed by atoms with E-state index in [-0.39, 0.29) is 5.91 Å². The molecule has 0 saturated carbocycles. The molecule has 10 heteroatoms. The van der Waals surface area contributed by atoms with Gasteiger partial charge >= 0.3 is 0 Å². The summed E-state index contributed by atoms with van der Waals surface area (Å²) >= 11 is 0. The van der Waals surface area contributed by atoms with Gasteiger partial charge in [0.15, 0.2) is 11.6 Å². The molecule has 0 aliphatic carbocycles. The smallest absolute Gasteiger partial charge is 0.260 e. The van der Waals surface area contributed by atoms with E-state index >= 15 is 0 Å². The molecule has 1 aromatic carbocycles. The van der Waals surface area contributed by atoms with Gasteiger partial charge in [0.2, 0.25) is 0 Å². The van der Waals surface area contributed by atoms with Gasteiger partial charge in [0.1, 0.15) is 5.82 Å². The van der Waals surface area contributed by atoms with Gasteiger partial charge < -0.3 is 10.6 Å². The molecule has 10 nitrogen and oxygen atoms in total. The van der Waals surface area contributed by atoms with Crippen molar-refractivity contribution in [2.75, 3.05) is 10.6 Å². The van der Waals surface area contributed by atoms with Crippen LogP contribution in [0.25, 0.3) is 16.7 Å². The SMILES string of the molecule is Cn1cc(C(=O)Nc2cccc(-n3ccc(Nc4ccc5[nH]ncc5c4)n3)n2)cn1. The van der Waals surface area contributed by atoms with Crippen LogP contribution in [-0.4, -0.2) is 40.6 Å². The van der Waals surface area contributed by atoms with Gasteiger partial charge in [0, 0.05) is 36.6 Å². The lowest BCUT2D eigenvalue weighted by Gasteiger charge is -2.06. The van der Waals surface area contributed by atoms with Crippen LogP contribution in [0.15, 0.2) is 67.3 Å². The summed E-state index contributed by atoms with van der Waals surface area (Å²) in [6, 6.07) is 13.1. The van der Waals surface area contributed by atoms with E-state index in [2.05, 4.69) is 36.0 Å². The average Bonchev–Trinajstić information content (AvgIpc) is 3.49. The number of pyridine rings is 1. The lowest BCUT2D eigenvalue weighted by molar-refractivity contribution is 0.102. The Balaban J connectivity index is 1.33. The normalized spacial score (nSPS) is 11.0. The Morgan fingerprint density at radius 1 is 1.10 bits per heavy atom. The highest BCUT2D eigenvalue weighted by atomic mass is 16.1. The van der Waals surface area contributed by atoms with Crippen LogP contribution in [-0.2, 0) is 7.05 Å². The first-order chi connectivity index (χ1) is 14.6. The first kappa shape index (κ1) is 17.6. The molecule has 0 radical (unpaired) electrons. The number of anilines is 3. The predicted molar refractivity (Wildman–Crippen MR) is 112 cm³/mol. The lowest BCUT2D eigenvalue weighted by atomic mass is 10.2. The Labute approximate surface area is 170 Å². The van der Waals surface area contributed by atoms with E-state index in [4.69, 9.17) is 0 Å². The number of hydrogen-bond acceptors (Lipinski definition) is 6. The fourth-order valence-corrected chi connectivity index (χ4v) is 3.03. The van der Waals surface area contributed by atoms with Crippen molar-refractivity contribution in [1.29, 1.82) is 0 Å². The fourth-order valence-electron chi connectivity index (χ4n) is 3.03. The number of H-pyrrole nitrogens is 1. The topological polar surface area (TPSA) is 118 Å². The Kier molecular flexibility index (Phi) is 4.21. The quantitative estimate of drug-likeness (QED) is 0.418. The highest BCUT2D eigenvalue weighted by molar-refractivity contribution is 6.03. The first-order valence-electron chi connectivity index (χ1n) is 9.17. The average molecular weight is 399 g/mol. The van der Waals surface area contributed by atoms with Crippen molar-refractivity contribution in [3.63, 3.8) is 0 Å². The minimum Gasteiger partial charge on any atom is -0.339 e. The van der Waals surface area contributed by atoms with Crippen LogP contribution in [0.4, 0.5) is 17.3 Å². The van der Waals surface area contributed by atoms with Gasteiger partial charge in [-0.1, -0.05) is 6.07 Å². The number of aromatic nitrogens is 7. The van der Waals surface area contributed by atoms with Gasteiger partial charge in [-0.25, -0.2) is 9.67 Å². The second-order valence-electron chi connectivity index (χ2n) is 6.68. The monoisotopic (exact) mass is 399 g/mol. The maximum atomic E-state index is 12.3. The third kappa shape index (κ3) is 3.49. The zero-order valence-electron chi connectivity index (χ0n) is 15.9. The number of benzene rings is 1. The Bertz CT molecular complexity index is 1350. The van der Waals surface area contributed by atoms with Gasteiger partial charge in [0.05, 0.1) is 23.5 Å². The summed E-state index contributed by atoms with van der Waals surface area (Å²) in [4.78, 5) is 16.8. The van der Waals surface area contributed by atoms with Crippen LogP contribution in [0.2, 0.25) is 0 Å². The summed E-state index contributed by atoms with van der Waals surface area (Å²) in [5.74, 6) is 1.41. The minimum atomic E-state index is -0.273. The van der Waals surface area contributed by atoms with E-state index in [0.29, 0.717) is 23.0 Å². The number of fused-ring (bicyclic) bond motifs is 1. The molecule has 5 rings (SSSR count). The van der Waals surface area contributed by atoms with Gasteiger partial charge in [0.25, 0.3) is 5.91 Å². The highest BCUT2D eigenvalue weighted by Gasteiger charge is 2.10. The summed E-state index contributed by atoms with van der Waals surface area (Å²) in [5.41, 5.74) is 2.34. The zero-order valence-corrected chi connectivity index (χ0v) is 15.9. The Morgan fingerprint density at radius 2 is 2.03 bits per heavy atom. The maximum Gasteiger partial charge on any atom is 0.260 e. The second-order valence-corrected chi connectivity index (χ2v) is 6.68. The van der Waals surface area contributed by atoms with Crippen molar-refractivity contribution < 1.29 is 4.79 Å². The molecule has 0 aliphatic heterocycles. The zero-order chi connectivity index (χ0) is 20.5. The summed E-state index contributed by atoms with van der Waals surface area (Å²) in [6.45, 7) is 0. The highest BCUT2D eigenvalue weighted by Crippen LogP contribution is 2.20. The third-order valence-corrected chi connectivity index (χ3v) is 4.48. The van der Waals surface area contributed by atoms with Crippen molar-refractivity contribution in [3.05, 3.63) is 72.8 Å². The van der Waals surface area contributed by atoms with Gasteiger partial charge in [-0.05, 0) is 30.3 Å². The van der Waals surface area contributed by atoms with E-state index in [1.165, 1.54) is 6.20 Å². The van der Waals surface area contributed by atoms with E-state index in [1.54, 1.807) is 41.1 Å². The number of nitrogens with one attached hydrogen (secondary N) is 3. The predicted octanol–water partition coefficient (Wildman–Crippen LogP) is 2.87. The lowest BCUT2D eigenvalue weighted by Crippen LogP contribution is -2.13. The molecular weight excluding hydrogens is 382 g/mol.